The molecule has 0 saturated heterocycles. The second-order valence-electron chi connectivity index (χ2n) is 4.24. The Kier molecular flexibility index (Phi) is 2.29. The Morgan fingerprint density at radius 1 is 1.56 bits per heavy atom. The van der Waals surface area contributed by atoms with E-state index in [9.17, 15) is 0 Å². The van der Waals surface area contributed by atoms with Gasteiger partial charge in [0.2, 0.25) is 5.13 Å². The maximum absolute atomic E-state index is 6.14. The molecule has 0 aliphatic heterocycles. The van der Waals surface area contributed by atoms with Crippen LogP contribution in [0.25, 0.3) is 5.13 Å². The van der Waals surface area contributed by atoms with Gasteiger partial charge in [0.25, 0.3) is 0 Å². The van der Waals surface area contributed by atoms with E-state index in [0.717, 1.165) is 24.4 Å². The molecule has 2 aromatic heterocycles. The molecule has 1 aliphatic rings. The molecule has 2 aromatic rings. The van der Waals surface area contributed by atoms with Crippen LogP contribution in [0.5, 0.6) is 0 Å². The van der Waals surface area contributed by atoms with Gasteiger partial charge in [0.15, 0.2) is 0 Å². The van der Waals surface area contributed by atoms with E-state index >= 15 is 0 Å². The van der Waals surface area contributed by atoms with Gasteiger partial charge in [-0.15, -0.1) is 10.2 Å². The van der Waals surface area contributed by atoms with Crippen LogP contribution in [0.3, 0.4) is 0 Å². The van der Waals surface area contributed by atoms with Gasteiger partial charge in [0.05, 0.1) is 0 Å². The fourth-order valence-corrected chi connectivity index (χ4v) is 3.11. The standard InChI is InChI=1S/C11H14N4S/c1-7-5-8-9(12)3-2-4-10(8)15(7)11-14-13-6-16-11/h5-6,9H,2-4,12H2,1H3. The van der Waals surface area contributed by atoms with Crippen LogP contribution in [-0.2, 0) is 6.42 Å². The highest BCUT2D eigenvalue weighted by Gasteiger charge is 2.23. The van der Waals surface area contributed by atoms with Crippen molar-refractivity contribution in [3.63, 3.8) is 0 Å². The van der Waals surface area contributed by atoms with Gasteiger partial charge >= 0.3 is 0 Å². The molecule has 0 amide bonds. The first-order valence-electron chi connectivity index (χ1n) is 5.50. The Bertz CT molecular complexity index is 500. The lowest BCUT2D eigenvalue weighted by Gasteiger charge is -2.20. The van der Waals surface area contributed by atoms with Gasteiger partial charge in [-0.05, 0) is 37.8 Å². The highest BCUT2D eigenvalue weighted by atomic mass is 32.1. The minimum Gasteiger partial charge on any atom is -0.324 e. The maximum Gasteiger partial charge on any atom is 0.216 e. The van der Waals surface area contributed by atoms with Crippen molar-refractivity contribution in [1.29, 1.82) is 0 Å². The second kappa shape index (κ2) is 3.68. The molecule has 0 bridgehead atoms. The van der Waals surface area contributed by atoms with E-state index in [-0.39, 0.29) is 6.04 Å². The highest BCUT2D eigenvalue weighted by molar-refractivity contribution is 7.11. The zero-order chi connectivity index (χ0) is 11.1. The van der Waals surface area contributed by atoms with E-state index in [1.54, 1.807) is 16.8 Å². The van der Waals surface area contributed by atoms with Crippen molar-refractivity contribution in [2.75, 3.05) is 0 Å². The predicted octanol–water partition coefficient (Wildman–Crippen LogP) is 1.97. The first kappa shape index (κ1) is 9.99. The molecule has 2 N–H and O–H groups in total. The molecule has 0 fully saturated rings. The lowest BCUT2D eigenvalue weighted by molar-refractivity contribution is 0.559. The zero-order valence-electron chi connectivity index (χ0n) is 9.18. The summed E-state index contributed by atoms with van der Waals surface area (Å²) in [6.45, 7) is 2.10. The third kappa shape index (κ3) is 1.39. The van der Waals surface area contributed by atoms with Gasteiger partial charge in [-0.2, -0.15) is 0 Å². The molecular weight excluding hydrogens is 220 g/mol. The molecule has 1 unspecified atom stereocenters. The quantitative estimate of drug-likeness (QED) is 0.820. The van der Waals surface area contributed by atoms with E-state index in [1.807, 2.05) is 0 Å². The second-order valence-corrected chi connectivity index (χ2v) is 5.05. The summed E-state index contributed by atoms with van der Waals surface area (Å²) in [5, 5.41) is 9.00. The summed E-state index contributed by atoms with van der Waals surface area (Å²) in [7, 11) is 0. The van der Waals surface area contributed by atoms with Crippen LogP contribution in [0.4, 0.5) is 0 Å². The Balaban J connectivity index is 2.19. The highest BCUT2D eigenvalue weighted by Crippen LogP contribution is 2.32. The number of hydrogen-bond donors (Lipinski definition) is 1. The Morgan fingerprint density at radius 3 is 3.19 bits per heavy atom. The maximum atomic E-state index is 6.14. The Labute approximate surface area is 98.1 Å². The summed E-state index contributed by atoms with van der Waals surface area (Å²) in [4.78, 5) is 0. The number of nitrogens with zero attached hydrogens (tertiary/aromatic N) is 3. The number of rotatable bonds is 1. The average molecular weight is 234 g/mol. The minimum absolute atomic E-state index is 0.191. The molecule has 16 heavy (non-hydrogen) atoms. The number of aryl methyl sites for hydroxylation is 1. The van der Waals surface area contributed by atoms with Gasteiger partial charge in [-0.1, -0.05) is 11.3 Å². The van der Waals surface area contributed by atoms with Crippen molar-refractivity contribution in [3.8, 4) is 5.13 Å². The Hall–Kier alpha value is -1.20. The topological polar surface area (TPSA) is 56.7 Å². The molecule has 3 rings (SSSR count). The van der Waals surface area contributed by atoms with Crippen molar-refractivity contribution in [1.82, 2.24) is 14.8 Å². The molecule has 0 radical (unpaired) electrons. The summed E-state index contributed by atoms with van der Waals surface area (Å²) < 4.78 is 2.20. The van der Waals surface area contributed by atoms with E-state index in [0.29, 0.717) is 0 Å². The van der Waals surface area contributed by atoms with Crippen LogP contribution in [0.2, 0.25) is 0 Å². The summed E-state index contributed by atoms with van der Waals surface area (Å²) in [6, 6.07) is 2.39. The molecular formula is C11H14N4S. The van der Waals surface area contributed by atoms with Crippen molar-refractivity contribution >= 4 is 11.3 Å². The molecule has 0 saturated carbocycles. The van der Waals surface area contributed by atoms with Gasteiger partial charge in [-0.25, -0.2) is 0 Å². The van der Waals surface area contributed by atoms with Crippen molar-refractivity contribution < 1.29 is 0 Å². The lowest BCUT2D eigenvalue weighted by Crippen LogP contribution is -2.17. The van der Waals surface area contributed by atoms with E-state index < -0.39 is 0 Å². The molecule has 0 spiro atoms. The third-order valence-electron chi connectivity index (χ3n) is 3.19. The fraction of sp³-hybridized carbons (Fsp3) is 0.455. The van der Waals surface area contributed by atoms with Crippen LogP contribution in [0.15, 0.2) is 11.6 Å². The Morgan fingerprint density at radius 2 is 2.44 bits per heavy atom. The van der Waals surface area contributed by atoms with Crippen LogP contribution in [-0.4, -0.2) is 14.8 Å². The fourth-order valence-electron chi connectivity index (χ4n) is 2.47. The summed E-state index contributed by atoms with van der Waals surface area (Å²) >= 11 is 1.57. The van der Waals surface area contributed by atoms with E-state index in [1.165, 1.54) is 17.0 Å². The van der Waals surface area contributed by atoms with Crippen LogP contribution in [0.1, 0.15) is 35.8 Å². The van der Waals surface area contributed by atoms with Crippen molar-refractivity contribution in [2.24, 2.45) is 5.73 Å². The number of fused-ring (bicyclic) bond motifs is 1. The summed E-state index contributed by atoms with van der Waals surface area (Å²) in [5.41, 5.74) is 11.7. The largest absolute Gasteiger partial charge is 0.324 e. The lowest BCUT2D eigenvalue weighted by atomic mass is 9.93. The number of hydrogen-bond acceptors (Lipinski definition) is 4. The number of aromatic nitrogens is 3. The van der Waals surface area contributed by atoms with Crippen molar-refractivity contribution in [2.45, 2.75) is 32.2 Å². The first-order valence-corrected chi connectivity index (χ1v) is 6.38. The van der Waals surface area contributed by atoms with E-state index in [2.05, 4.69) is 27.8 Å². The van der Waals surface area contributed by atoms with Gasteiger partial charge in [0, 0.05) is 17.4 Å². The van der Waals surface area contributed by atoms with Gasteiger partial charge in [0.1, 0.15) is 5.51 Å². The van der Waals surface area contributed by atoms with Gasteiger partial charge in [-0.3, -0.25) is 4.57 Å². The van der Waals surface area contributed by atoms with E-state index in [4.69, 9.17) is 5.73 Å². The molecule has 1 aliphatic carbocycles. The van der Waals surface area contributed by atoms with Gasteiger partial charge < -0.3 is 5.73 Å². The smallest absolute Gasteiger partial charge is 0.216 e. The molecule has 84 valence electrons. The monoisotopic (exact) mass is 234 g/mol. The third-order valence-corrected chi connectivity index (χ3v) is 3.86. The predicted molar refractivity (Wildman–Crippen MR) is 63.8 cm³/mol. The van der Waals surface area contributed by atoms with Crippen LogP contribution in [0, 0.1) is 6.92 Å². The number of nitrogens with two attached hydrogens (primary N) is 1. The van der Waals surface area contributed by atoms with Crippen LogP contribution < -0.4 is 5.73 Å². The molecule has 1 atom stereocenters. The van der Waals surface area contributed by atoms with Crippen LogP contribution >= 0.6 is 11.3 Å². The first-order chi connectivity index (χ1) is 7.77. The molecule has 2 heterocycles. The molecule has 5 heteroatoms. The summed E-state index contributed by atoms with van der Waals surface area (Å²) in [6.07, 6.45) is 3.35. The molecule has 0 aromatic carbocycles. The summed E-state index contributed by atoms with van der Waals surface area (Å²) in [5.74, 6) is 0. The average Bonchev–Trinajstić information content (AvgIpc) is 2.85. The normalized spacial score (nSPS) is 19.8. The van der Waals surface area contributed by atoms with Crippen molar-refractivity contribution in [3.05, 3.63) is 28.5 Å². The minimum atomic E-state index is 0.191. The SMILES string of the molecule is Cc1cc2c(n1-c1nncs1)CCCC2N. The molecule has 4 nitrogen and oxygen atoms in total. The zero-order valence-corrected chi connectivity index (χ0v) is 10.00.